The number of carbonyl (C=O) groups excluding carboxylic acids is 2. The number of likely N-dealkylation sites (N-methyl/N-ethyl adjacent to an activating group) is 1. The number of rotatable bonds is 5. The number of hydrogen-bond donors (Lipinski definition) is 2. The summed E-state index contributed by atoms with van der Waals surface area (Å²) in [4.78, 5) is 25.4. The second-order valence-corrected chi connectivity index (χ2v) is 9.26. The Morgan fingerprint density at radius 2 is 1.74 bits per heavy atom. The Morgan fingerprint density at radius 3 is 2.30 bits per heavy atom. The fourth-order valence-corrected chi connectivity index (χ4v) is 5.46. The topological polar surface area (TPSA) is 95.6 Å². The maximum atomic E-state index is 12.8. The first-order chi connectivity index (χ1) is 12.9. The first kappa shape index (κ1) is 19.7. The summed E-state index contributed by atoms with van der Waals surface area (Å²) in [5, 5.41) is 5.80. The van der Waals surface area contributed by atoms with Gasteiger partial charge in [0.2, 0.25) is 15.9 Å². The lowest BCUT2D eigenvalue weighted by Gasteiger charge is -2.36. The van der Waals surface area contributed by atoms with Crippen LogP contribution in [0.2, 0.25) is 0 Å². The van der Waals surface area contributed by atoms with Crippen LogP contribution in [0, 0.1) is 0 Å². The average molecular weight is 394 g/mol. The molecule has 1 aliphatic heterocycles. The molecule has 7 nitrogen and oxygen atoms in total. The van der Waals surface area contributed by atoms with Gasteiger partial charge in [-0.2, -0.15) is 0 Å². The molecule has 1 aliphatic carbocycles. The maximum Gasteiger partial charge on any atom is 0.252 e. The van der Waals surface area contributed by atoms with Crippen LogP contribution in [0.3, 0.4) is 0 Å². The Morgan fingerprint density at radius 1 is 1.07 bits per heavy atom. The lowest BCUT2D eigenvalue weighted by Crippen LogP contribution is -2.59. The molecule has 1 saturated carbocycles. The second-order valence-electron chi connectivity index (χ2n) is 7.24. The van der Waals surface area contributed by atoms with Crippen molar-refractivity contribution in [3.05, 3.63) is 29.8 Å². The van der Waals surface area contributed by atoms with E-state index in [4.69, 9.17) is 0 Å². The van der Waals surface area contributed by atoms with E-state index in [1.54, 1.807) is 24.3 Å². The minimum atomic E-state index is -3.24. The van der Waals surface area contributed by atoms with E-state index in [1.165, 1.54) is 4.31 Å². The van der Waals surface area contributed by atoms with Crippen LogP contribution in [0.1, 0.15) is 55.8 Å². The predicted molar refractivity (Wildman–Crippen MR) is 104 cm³/mol. The van der Waals surface area contributed by atoms with Gasteiger partial charge >= 0.3 is 0 Å². The minimum Gasteiger partial charge on any atom is -0.354 e. The van der Waals surface area contributed by atoms with E-state index in [9.17, 15) is 18.0 Å². The first-order valence-corrected chi connectivity index (χ1v) is 11.2. The minimum absolute atomic E-state index is 0.127. The van der Waals surface area contributed by atoms with E-state index >= 15 is 0 Å². The number of carbonyl (C=O) groups is 2. The molecule has 3 rings (SSSR count). The molecule has 2 fully saturated rings. The summed E-state index contributed by atoms with van der Waals surface area (Å²) in [7, 11) is -3.24. The largest absolute Gasteiger partial charge is 0.354 e. The van der Waals surface area contributed by atoms with Crippen LogP contribution in [0.5, 0.6) is 0 Å². The summed E-state index contributed by atoms with van der Waals surface area (Å²) in [6.07, 6.45) is 4.76. The van der Waals surface area contributed by atoms with Gasteiger partial charge in [-0.1, -0.05) is 19.3 Å². The van der Waals surface area contributed by atoms with Gasteiger partial charge in [0.25, 0.3) is 5.91 Å². The predicted octanol–water partition coefficient (Wildman–Crippen LogP) is 1.80. The number of hydrogen-bond acceptors (Lipinski definition) is 4. The summed E-state index contributed by atoms with van der Waals surface area (Å²) in [5.41, 5.74) is 0.132. The Hall–Kier alpha value is -2.09. The molecule has 0 radical (unpaired) electrons. The van der Waals surface area contributed by atoms with Crippen molar-refractivity contribution in [2.24, 2.45) is 0 Å². The zero-order chi connectivity index (χ0) is 19.5. The van der Waals surface area contributed by atoms with Crippen molar-refractivity contribution in [2.45, 2.75) is 51.0 Å². The quantitative estimate of drug-likeness (QED) is 0.797. The number of nitrogens with one attached hydrogen (secondary N) is 2. The number of benzene rings is 1. The lowest BCUT2D eigenvalue weighted by atomic mass is 9.80. The van der Waals surface area contributed by atoms with E-state index in [2.05, 4.69) is 10.6 Å². The van der Waals surface area contributed by atoms with Crippen molar-refractivity contribution in [1.82, 2.24) is 10.6 Å². The molecule has 1 aromatic rings. The zero-order valence-corrected chi connectivity index (χ0v) is 16.5. The highest BCUT2D eigenvalue weighted by molar-refractivity contribution is 7.93. The van der Waals surface area contributed by atoms with Gasteiger partial charge in [0.15, 0.2) is 0 Å². The fourth-order valence-electron chi connectivity index (χ4n) is 3.89. The van der Waals surface area contributed by atoms with Crippen LogP contribution in [0.15, 0.2) is 24.3 Å². The van der Waals surface area contributed by atoms with Crippen LogP contribution in [0.4, 0.5) is 5.69 Å². The molecule has 1 saturated heterocycles. The summed E-state index contributed by atoms with van der Waals surface area (Å²) < 4.78 is 25.4. The molecule has 1 heterocycles. The molecule has 27 heavy (non-hydrogen) atoms. The zero-order valence-electron chi connectivity index (χ0n) is 15.7. The van der Waals surface area contributed by atoms with Gasteiger partial charge in [-0.25, -0.2) is 8.42 Å². The van der Waals surface area contributed by atoms with E-state index in [1.807, 2.05) is 6.92 Å². The van der Waals surface area contributed by atoms with Crippen molar-refractivity contribution >= 4 is 27.5 Å². The van der Waals surface area contributed by atoms with E-state index in [0.29, 0.717) is 43.6 Å². The maximum absolute atomic E-state index is 12.8. The van der Waals surface area contributed by atoms with E-state index in [-0.39, 0.29) is 17.6 Å². The molecule has 2 amide bonds. The molecule has 8 heteroatoms. The number of nitrogens with zero attached hydrogens (tertiary/aromatic N) is 1. The smallest absolute Gasteiger partial charge is 0.252 e. The normalized spacial score (nSPS) is 20.9. The monoisotopic (exact) mass is 393 g/mol. The highest BCUT2D eigenvalue weighted by Gasteiger charge is 2.40. The number of amides is 2. The highest BCUT2D eigenvalue weighted by atomic mass is 32.2. The lowest BCUT2D eigenvalue weighted by molar-refractivity contribution is -0.128. The van der Waals surface area contributed by atoms with Crippen LogP contribution in [0.25, 0.3) is 0 Å². The molecular formula is C19H27N3O4S. The van der Waals surface area contributed by atoms with Crippen molar-refractivity contribution in [3.63, 3.8) is 0 Å². The number of anilines is 1. The van der Waals surface area contributed by atoms with Gasteiger partial charge in [-0.05, 0) is 50.5 Å². The third-order valence-corrected chi connectivity index (χ3v) is 7.22. The Kier molecular flexibility index (Phi) is 5.74. The van der Waals surface area contributed by atoms with Crippen molar-refractivity contribution < 1.29 is 18.0 Å². The molecule has 2 aliphatic rings. The van der Waals surface area contributed by atoms with Gasteiger partial charge in [0.1, 0.15) is 5.54 Å². The summed E-state index contributed by atoms with van der Waals surface area (Å²) >= 11 is 0. The van der Waals surface area contributed by atoms with Crippen molar-refractivity contribution in [1.29, 1.82) is 0 Å². The van der Waals surface area contributed by atoms with Crippen LogP contribution >= 0.6 is 0 Å². The summed E-state index contributed by atoms with van der Waals surface area (Å²) in [6, 6.07) is 6.54. The summed E-state index contributed by atoms with van der Waals surface area (Å²) in [5.74, 6) is -0.276. The highest BCUT2D eigenvalue weighted by Crippen LogP contribution is 2.29. The first-order valence-electron chi connectivity index (χ1n) is 9.59. The van der Waals surface area contributed by atoms with Gasteiger partial charge in [-0.15, -0.1) is 0 Å². The van der Waals surface area contributed by atoms with Gasteiger partial charge in [-0.3, -0.25) is 13.9 Å². The SMILES string of the molecule is CCNC(=O)C1(NC(=O)c2ccc(N3CCCS3(=O)=O)cc2)CCCCC1. The van der Waals surface area contributed by atoms with Gasteiger partial charge < -0.3 is 10.6 Å². The molecule has 0 unspecified atom stereocenters. The summed E-state index contributed by atoms with van der Waals surface area (Å²) in [6.45, 7) is 2.85. The average Bonchev–Trinajstić information content (AvgIpc) is 3.02. The molecular weight excluding hydrogens is 366 g/mol. The van der Waals surface area contributed by atoms with Crippen LogP contribution in [-0.4, -0.2) is 44.6 Å². The molecule has 0 aromatic heterocycles. The molecule has 148 valence electrons. The standard InChI is InChI=1S/C19H27N3O4S/c1-2-20-18(24)19(11-4-3-5-12-19)21-17(23)15-7-9-16(10-8-15)22-13-6-14-27(22,25)26/h7-10H,2-6,11-14H2,1H3,(H,20,24)(H,21,23). The van der Waals surface area contributed by atoms with Gasteiger partial charge in [0.05, 0.1) is 11.4 Å². The van der Waals surface area contributed by atoms with E-state index < -0.39 is 15.6 Å². The molecule has 0 bridgehead atoms. The molecule has 0 atom stereocenters. The molecule has 2 N–H and O–H groups in total. The Labute approximate surface area is 160 Å². The van der Waals surface area contributed by atoms with Crippen molar-refractivity contribution in [2.75, 3.05) is 23.1 Å². The third kappa shape index (κ3) is 4.10. The molecule has 1 aromatic carbocycles. The van der Waals surface area contributed by atoms with Crippen molar-refractivity contribution in [3.8, 4) is 0 Å². The Bertz CT molecular complexity index is 799. The third-order valence-electron chi connectivity index (χ3n) is 5.35. The van der Waals surface area contributed by atoms with Crippen LogP contribution in [-0.2, 0) is 14.8 Å². The Balaban J connectivity index is 1.75. The van der Waals surface area contributed by atoms with Gasteiger partial charge in [0, 0.05) is 18.7 Å². The fraction of sp³-hybridized carbons (Fsp3) is 0.579. The van der Waals surface area contributed by atoms with Crippen LogP contribution < -0.4 is 14.9 Å². The second kappa shape index (κ2) is 7.88. The number of sulfonamides is 1. The van der Waals surface area contributed by atoms with E-state index in [0.717, 1.165) is 19.3 Å². The molecule has 0 spiro atoms.